The van der Waals surface area contributed by atoms with Gasteiger partial charge in [-0.3, -0.25) is 9.69 Å². The van der Waals surface area contributed by atoms with E-state index >= 15 is 0 Å². The number of carbonyl (C=O) groups excluding carboxylic acids is 1. The second kappa shape index (κ2) is 7.67. The third-order valence-corrected chi connectivity index (χ3v) is 6.50. The number of fused-ring (bicyclic) bond motifs is 1. The van der Waals surface area contributed by atoms with Crippen molar-refractivity contribution in [2.24, 2.45) is 0 Å². The molecule has 1 aromatic rings. The number of benzene rings is 1. The van der Waals surface area contributed by atoms with E-state index in [2.05, 4.69) is 47.0 Å². The zero-order chi connectivity index (χ0) is 18.1. The van der Waals surface area contributed by atoms with Crippen LogP contribution in [0.15, 0.2) is 18.2 Å². The smallest absolute Gasteiger partial charge is 0.253 e. The summed E-state index contributed by atoms with van der Waals surface area (Å²) >= 11 is 0. The van der Waals surface area contributed by atoms with Crippen LogP contribution in [-0.4, -0.2) is 98.0 Å². The van der Waals surface area contributed by atoms with Gasteiger partial charge in [-0.05, 0) is 56.6 Å². The van der Waals surface area contributed by atoms with Crippen molar-refractivity contribution in [3.8, 4) is 0 Å². The topological polar surface area (TPSA) is 30.0 Å². The molecular weight excluding hydrogens is 324 g/mol. The molecule has 1 amide bonds. The summed E-state index contributed by atoms with van der Waals surface area (Å²) in [5.41, 5.74) is 3.73. The summed E-state index contributed by atoms with van der Waals surface area (Å²) in [6, 6.07) is 7.14. The highest BCUT2D eigenvalue weighted by Crippen LogP contribution is 2.26. The molecule has 4 rings (SSSR count). The van der Waals surface area contributed by atoms with Crippen molar-refractivity contribution in [3.63, 3.8) is 0 Å². The number of aryl methyl sites for hydroxylation is 1. The van der Waals surface area contributed by atoms with Crippen LogP contribution in [0.25, 0.3) is 0 Å². The standard InChI is InChI=1S/C21H32N4O/c1-22-7-11-24(12-8-22)20-6-5-17-15-19(4-3-18(17)16-20)21(26)25-13-9-23(2)10-14-25/h3-4,15,20H,5-14,16H2,1-2H3/t20-/m0/s1. The Morgan fingerprint density at radius 2 is 1.54 bits per heavy atom. The van der Waals surface area contributed by atoms with Crippen LogP contribution in [-0.2, 0) is 12.8 Å². The molecule has 1 aromatic carbocycles. The number of hydrogen-bond acceptors (Lipinski definition) is 4. The molecule has 5 heteroatoms. The fourth-order valence-corrected chi connectivity index (χ4v) is 4.56. The highest BCUT2D eigenvalue weighted by Gasteiger charge is 2.27. The zero-order valence-electron chi connectivity index (χ0n) is 16.3. The second-order valence-electron chi connectivity index (χ2n) is 8.31. The summed E-state index contributed by atoms with van der Waals surface area (Å²) in [6.45, 7) is 8.39. The van der Waals surface area contributed by atoms with E-state index in [-0.39, 0.29) is 5.91 Å². The molecule has 2 saturated heterocycles. The van der Waals surface area contributed by atoms with Crippen LogP contribution in [0.5, 0.6) is 0 Å². The molecule has 0 saturated carbocycles. The minimum Gasteiger partial charge on any atom is -0.336 e. The lowest BCUT2D eigenvalue weighted by molar-refractivity contribution is 0.0664. The van der Waals surface area contributed by atoms with Gasteiger partial charge < -0.3 is 14.7 Å². The number of carbonyl (C=O) groups is 1. The van der Waals surface area contributed by atoms with E-state index in [1.807, 2.05) is 4.90 Å². The molecule has 1 aliphatic carbocycles. The SMILES string of the molecule is CN1CCN(C(=O)c2ccc3c(c2)CC[C@H](N2CCN(C)CC2)C3)CC1. The molecule has 2 heterocycles. The largest absolute Gasteiger partial charge is 0.336 e. The van der Waals surface area contributed by atoms with Gasteiger partial charge in [-0.15, -0.1) is 0 Å². The molecule has 2 fully saturated rings. The van der Waals surface area contributed by atoms with E-state index in [0.29, 0.717) is 6.04 Å². The van der Waals surface area contributed by atoms with Gasteiger partial charge in [0.25, 0.3) is 5.91 Å². The van der Waals surface area contributed by atoms with Crippen LogP contribution in [0.1, 0.15) is 27.9 Å². The van der Waals surface area contributed by atoms with Crippen molar-refractivity contribution in [2.45, 2.75) is 25.3 Å². The monoisotopic (exact) mass is 356 g/mol. The van der Waals surface area contributed by atoms with Gasteiger partial charge in [0.2, 0.25) is 0 Å². The predicted molar refractivity (Wildman–Crippen MR) is 105 cm³/mol. The quantitative estimate of drug-likeness (QED) is 0.796. The number of piperazine rings is 2. The summed E-state index contributed by atoms with van der Waals surface area (Å²) in [4.78, 5) is 22.2. The molecule has 3 aliphatic rings. The zero-order valence-corrected chi connectivity index (χ0v) is 16.3. The van der Waals surface area contributed by atoms with Crippen LogP contribution in [0, 0.1) is 0 Å². The predicted octanol–water partition coefficient (Wildman–Crippen LogP) is 1.18. The van der Waals surface area contributed by atoms with Gasteiger partial charge >= 0.3 is 0 Å². The average molecular weight is 357 g/mol. The summed E-state index contributed by atoms with van der Waals surface area (Å²) in [5.74, 6) is 0.210. The van der Waals surface area contributed by atoms with Gasteiger partial charge in [-0.25, -0.2) is 0 Å². The summed E-state index contributed by atoms with van der Waals surface area (Å²) < 4.78 is 0. The molecule has 5 nitrogen and oxygen atoms in total. The van der Waals surface area contributed by atoms with E-state index < -0.39 is 0 Å². The van der Waals surface area contributed by atoms with Gasteiger partial charge in [0.05, 0.1) is 0 Å². The van der Waals surface area contributed by atoms with E-state index in [0.717, 1.165) is 44.6 Å². The highest BCUT2D eigenvalue weighted by molar-refractivity contribution is 5.94. The van der Waals surface area contributed by atoms with Crippen molar-refractivity contribution in [3.05, 3.63) is 34.9 Å². The third kappa shape index (κ3) is 3.80. The average Bonchev–Trinajstić information content (AvgIpc) is 2.68. The Bertz CT molecular complexity index is 645. The Labute approximate surface area is 157 Å². The maximum absolute atomic E-state index is 12.8. The molecule has 0 N–H and O–H groups in total. The molecular formula is C21H32N4O. The number of likely N-dealkylation sites (N-methyl/N-ethyl adjacent to an activating group) is 2. The van der Waals surface area contributed by atoms with Crippen LogP contribution >= 0.6 is 0 Å². The van der Waals surface area contributed by atoms with Crippen LogP contribution in [0.2, 0.25) is 0 Å². The van der Waals surface area contributed by atoms with Gasteiger partial charge in [0, 0.05) is 64.0 Å². The van der Waals surface area contributed by atoms with Crippen molar-refractivity contribution >= 4 is 5.91 Å². The van der Waals surface area contributed by atoms with Crippen molar-refractivity contribution in [2.75, 3.05) is 66.5 Å². The summed E-state index contributed by atoms with van der Waals surface area (Å²) in [6.07, 6.45) is 3.47. The minimum atomic E-state index is 0.210. The molecule has 0 radical (unpaired) electrons. The fraction of sp³-hybridized carbons (Fsp3) is 0.667. The van der Waals surface area contributed by atoms with Gasteiger partial charge in [0.15, 0.2) is 0 Å². The molecule has 142 valence electrons. The van der Waals surface area contributed by atoms with E-state index in [9.17, 15) is 4.79 Å². The Morgan fingerprint density at radius 3 is 2.23 bits per heavy atom. The van der Waals surface area contributed by atoms with E-state index in [4.69, 9.17) is 0 Å². The molecule has 0 bridgehead atoms. The van der Waals surface area contributed by atoms with Crippen LogP contribution in [0.3, 0.4) is 0 Å². The van der Waals surface area contributed by atoms with Crippen molar-refractivity contribution in [1.29, 1.82) is 0 Å². The molecule has 1 atom stereocenters. The number of hydrogen-bond donors (Lipinski definition) is 0. The molecule has 2 aliphatic heterocycles. The molecule has 0 aromatic heterocycles. The number of amides is 1. The van der Waals surface area contributed by atoms with E-state index in [1.165, 1.54) is 43.7 Å². The Kier molecular flexibility index (Phi) is 5.30. The van der Waals surface area contributed by atoms with E-state index in [1.54, 1.807) is 0 Å². The molecule has 26 heavy (non-hydrogen) atoms. The fourth-order valence-electron chi connectivity index (χ4n) is 4.56. The Hall–Kier alpha value is -1.43. The Balaban J connectivity index is 1.41. The van der Waals surface area contributed by atoms with Gasteiger partial charge in [0.1, 0.15) is 0 Å². The second-order valence-corrected chi connectivity index (χ2v) is 8.31. The third-order valence-electron chi connectivity index (χ3n) is 6.50. The first-order chi connectivity index (χ1) is 12.6. The van der Waals surface area contributed by atoms with Gasteiger partial charge in [-0.2, -0.15) is 0 Å². The van der Waals surface area contributed by atoms with Crippen LogP contribution in [0.4, 0.5) is 0 Å². The highest BCUT2D eigenvalue weighted by atomic mass is 16.2. The maximum Gasteiger partial charge on any atom is 0.253 e. The molecule has 0 unspecified atom stereocenters. The first-order valence-corrected chi connectivity index (χ1v) is 10.1. The lowest BCUT2D eigenvalue weighted by Crippen LogP contribution is -2.50. The lowest BCUT2D eigenvalue weighted by atomic mass is 9.86. The summed E-state index contributed by atoms with van der Waals surface area (Å²) in [7, 11) is 4.34. The number of nitrogens with zero attached hydrogens (tertiary/aromatic N) is 4. The number of rotatable bonds is 2. The first-order valence-electron chi connectivity index (χ1n) is 10.1. The maximum atomic E-state index is 12.8. The van der Waals surface area contributed by atoms with Crippen molar-refractivity contribution in [1.82, 2.24) is 19.6 Å². The molecule has 0 spiro atoms. The first kappa shape index (κ1) is 18.0. The van der Waals surface area contributed by atoms with Crippen molar-refractivity contribution < 1.29 is 4.79 Å². The minimum absolute atomic E-state index is 0.210. The summed E-state index contributed by atoms with van der Waals surface area (Å²) in [5, 5.41) is 0. The normalized spacial score (nSPS) is 25.9. The van der Waals surface area contributed by atoms with Crippen LogP contribution < -0.4 is 0 Å². The van der Waals surface area contributed by atoms with Gasteiger partial charge in [-0.1, -0.05) is 6.07 Å². The lowest BCUT2D eigenvalue weighted by Gasteiger charge is -2.40. The Morgan fingerprint density at radius 1 is 0.885 bits per heavy atom.